The summed E-state index contributed by atoms with van der Waals surface area (Å²) in [6.07, 6.45) is 3.90. The third kappa shape index (κ3) is 3.32. The summed E-state index contributed by atoms with van der Waals surface area (Å²) in [5, 5.41) is 12.4. The van der Waals surface area contributed by atoms with Gasteiger partial charge in [0.25, 0.3) is 0 Å². The van der Waals surface area contributed by atoms with Crippen LogP contribution in [0.3, 0.4) is 0 Å². The van der Waals surface area contributed by atoms with Crippen molar-refractivity contribution < 1.29 is 14.6 Å². The summed E-state index contributed by atoms with van der Waals surface area (Å²) >= 11 is 0. The van der Waals surface area contributed by atoms with Crippen molar-refractivity contribution in [3.05, 3.63) is 66.0 Å². The van der Waals surface area contributed by atoms with Crippen molar-refractivity contribution >= 4 is 11.9 Å². The lowest BCUT2D eigenvalue weighted by Crippen LogP contribution is -2.33. The number of anilines is 1. The molecule has 7 nitrogen and oxygen atoms in total. The summed E-state index contributed by atoms with van der Waals surface area (Å²) in [5.41, 5.74) is 2.35. The number of carboxylic acid groups (broad SMARTS) is 1. The van der Waals surface area contributed by atoms with Gasteiger partial charge in [-0.1, -0.05) is 18.2 Å². The average molecular weight is 348 g/mol. The lowest BCUT2D eigenvalue weighted by atomic mass is 10.0. The van der Waals surface area contributed by atoms with Crippen LogP contribution in [0.15, 0.2) is 54.9 Å². The van der Waals surface area contributed by atoms with E-state index in [2.05, 4.69) is 20.3 Å². The Labute approximate surface area is 149 Å². The van der Waals surface area contributed by atoms with Gasteiger partial charge in [0, 0.05) is 12.4 Å². The number of pyridine rings is 1. The number of nitrogens with zero attached hydrogens (tertiary/aromatic N) is 3. The Morgan fingerprint density at radius 3 is 2.85 bits per heavy atom. The average Bonchev–Trinajstić information content (AvgIpc) is 2.68. The van der Waals surface area contributed by atoms with E-state index in [4.69, 9.17) is 9.84 Å². The van der Waals surface area contributed by atoms with Gasteiger partial charge in [-0.25, -0.2) is 14.8 Å². The SMILES string of the molecule is O=C(O)c1ccnc(-c2ccnc(NC3COc4ccccc4C3)n2)c1. The van der Waals surface area contributed by atoms with Crippen molar-refractivity contribution in [2.75, 3.05) is 11.9 Å². The second kappa shape index (κ2) is 6.79. The molecule has 1 aliphatic heterocycles. The smallest absolute Gasteiger partial charge is 0.335 e. The molecule has 1 atom stereocenters. The molecule has 2 aromatic heterocycles. The molecule has 3 heterocycles. The van der Waals surface area contributed by atoms with E-state index in [1.807, 2.05) is 24.3 Å². The first-order chi connectivity index (χ1) is 12.7. The fourth-order valence-corrected chi connectivity index (χ4v) is 2.88. The van der Waals surface area contributed by atoms with Gasteiger partial charge in [0.2, 0.25) is 5.95 Å². The van der Waals surface area contributed by atoms with E-state index in [1.165, 1.54) is 18.3 Å². The van der Waals surface area contributed by atoms with E-state index in [-0.39, 0.29) is 11.6 Å². The zero-order chi connectivity index (χ0) is 17.9. The number of rotatable bonds is 4. The maximum absolute atomic E-state index is 11.1. The molecule has 0 bridgehead atoms. The van der Waals surface area contributed by atoms with E-state index in [0.717, 1.165) is 17.7 Å². The molecular formula is C19H16N4O3. The van der Waals surface area contributed by atoms with Crippen molar-refractivity contribution in [3.63, 3.8) is 0 Å². The summed E-state index contributed by atoms with van der Waals surface area (Å²) in [7, 11) is 0. The van der Waals surface area contributed by atoms with Crippen molar-refractivity contribution in [1.82, 2.24) is 15.0 Å². The Morgan fingerprint density at radius 1 is 1.12 bits per heavy atom. The molecule has 0 fully saturated rings. The van der Waals surface area contributed by atoms with Gasteiger partial charge >= 0.3 is 5.97 Å². The van der Waals surface area contributed by atoms with Crippen LogP contribution in [-0.2, 0) is 6.42 Å². The summed E-state index contributed by atoms with van der Waals surface area (Å²) in [4.78, 5) is 24.0. The van der Waals surface area contributed by atoms with Crippen molar-refractivity contribution in [2.45, 2.75) is 12.5 Å². The molecule has 3 aromatic rings. The van der Waals surface area contributed by atoms with Gasteiger partial charge in [-0.05, 0) is 36.2 Å². The Balaban J connectivity index is 1.54. The van der Waals surface area contributed by atoms with Crippen LogP contribution in [0.1, 0.15) is 15.9 Å². The molecule has 0 radical (unpaired) electrons. The molecular weight excluding hydrogens is 332 g/mol. The Kier molecular flexibility index (Phi) is 4.18. The summed E-state index contributed by atoms with van der Waals surface area (Å²) < 4.78 is 5.77. The number of aromatic carboxylic acids is 1. The first-order valence-corrected chi connectivity index (χ1v) is 8.19. The van der Waals surface area contributed by atoms with Gasteiger partial charge in [0.05, 0.1) is 23.0 Å². The molecule has 4 rings (SSSR count). The van der Waals surface area contributed by atoms with Gasteiger partial charge in [-0.3, -0.25) is 4.98 Å². The first-order valence-electron chi connectivity index (χ1n) is 8.19. The highest BCUT2D eigenvalue weighted by atomic mass is 16.5. The fraction of sp³-hybridized carbons (Fsp3) is 0.158. The lowest BCUT2D eigenvalue weighted by molar-refractivity contribution is 0.0697. The predicted octanol–water partition coefficient (Wildman–Crippen LogP) is 2.65. The molecule has 7 heteroatoms. The molecule has 0 saturated heterocycles. The number of para-hydroxylation sites is 1. The van der Waals surface area contributed by atoms with E-state index in [0.29, 0.717) is 23.9 Å². The van der Waals surface area contributed by atoms with Gasteiger partial charge < -0.3 is 15.2 Å². The highest BCUT2D eigenvalue weighted by molar-refractivity contribution is 5.88. The number of benzene rings is 1. The second-order valence-corrected chi connectivity index (χ2v) is 5.96. The normalized spacial score (nSPS) is 15.6. The minimum Gasteiger partial charge on any atom is -0.491 e. The van der Waals surface area contributed by atoms with Gasteiger partial charge in [-0.15, -0.1) is 0 Å². The highest BCUT2D eigenvalue weighted by Gasteiger charge is 2.20. The van der Waals surface area contributed by atoms with Crippen LogP contribution in [0.4, 0.5) is 5.95 Å². The van der Waals surface area contributed by atoms with E-state index >= 15 is 0 Å². The standard InChI is InChI=1S/C19H16N4O3/c24-18(25)13-5-7-20-16(10-13)15-6-8-21-19(23-15)22-14-9-12-3-1-2-4-17(12)26-11-14/h1-8,10,14H,9,11H2,(H,24,25)(H,21,22,23). The molecule has 0 spiro atoms. The fourth-order valence-electron chi connectivity index (χ4n) is 2.88. The van der Waals surface area contributed by atoms with E-state index in [1.54, 1.807) is 12.3 Å². The summed E-state index contributed by atoms with van der Waals surface area (Å²) in [6, 6.07) is 12.6. The van der Waals surface area contributed by atoms with Gasteiger partial charge in [0.1, 0.15) is 12.4 Å². The monoisotopic (exact) mass is 348 g/mol. The van der Waals surface area contributed by atoms with E-state index in [9.17, 15) is 4.79 Å². The number of carboxylic acids is 1. The molecule has 0 saturated carbocycles. The van der Waals surface area contributed by atoms with Crippen molar-refractivity contribution in [3.8, 4) is 17.1 Å². The van der Waals surface area contributed by atoms with Crippen LogP contribution < -0.4 is 10.1 Å². The van der Waals surface area contributed by atoms with Crippen LogP contribution in [0, 0.1) is 0 Å². The van der Waals surface area contributed by atoms with Crippen LogP contribution in [-0.4, -0.2) is 38.7 Å². The molecule has 2 N–H and O–H groups in total. The van der Waals surface area contributed by atoms with Crippen molar-refractivity contribution in [1.29, 1.82) is 0 Å². The minimum absolute atomic E-state index is 0.0541. The predicted molar refractivity (Wildman–Crippen MR) is 95.3 cm³/mol. The number of ether oxygens (including phenoxy) is 1. The first kappa shape index (κ1) is 16.0. The summed E-state index contributed by atoms with van der Waals surface area (Å²) in [5.74, 6) is 0.368. The number of fused-ring (bicyclic) bond motifs is 1. The third-order valence-electron chi connectivity index (χ3n) is 4.14. The topological polar surface area (TPSA) is 97.2 Å². The lowest BCUT2D eigenvalue weighted by Gasteiger charge is -2.26. The maximum Gasteiger partial charge on any atom is 0.335 e. The Bertz CT molecular complexity index is 961. The molecule has 1 unspecified atom stereocenters. The largest absolute Gasteiger partial charge is 0.491 e. The number of hydrogen-bond donors (Lipinski definition) is 2. The zero-order valence-corrected chi connectivity index (χ0v) is 13.8. The third-order valence-corrected chi connectivity index (χ3v) is 4.14. The minimum atomic E-state index is -1.00. The zero-order valence-electron chi connectivity index (χ0n) is 13.8. The number of nitrogens with one attached hydrogen (secondary N) is 1. The Morgan fingerprint density at radius 2 is 1.96 bits per heavy atom. The van der Waals surface area contributed by atoms with Crippen LogP contribution in [0.5, 0.6) is 5.75 Å². The van der Waals surface area contributed by atoms with Crippen LogP contribution in [0.2, 0.25) is 0 Å². The highest BCUT2D eigenvalue weighted by Crippen LogP contribution is 2.25. The van der Waals surface area contributed by atoms with Crippen LogP contribution >= 0.6 is 0 Å². The van der Waals surface area contributed by atoms with E-state index < -0.39 is 5.97 Å². The molecule has 130 valence electrons. The number of hydrogen-bond acceptors (Lipinski definition) is 6. The van der Waals surface area contributed by atoms with Gasteiger partial charge in [-0.2, -0.15) is 0 Å². The second-order valence-electron chi connectivity index (χ2n) is 5.96. The van der Waals surface area contributed by atoms with Crippen molar-refractivity contribution in [2.24, 2.45) is 0 Å². The molecule has 26 heavy (non-hydrogen) atoms. The summed E-state index contributed by atoms with van der Waals surface area (Å²) in [6.45, 7) is 0.525. The van der Waals surface area contributed by atoms with Crippen LogP contribution in [0.25, 0.3) is 11.4 Å². The van der Waals surface area contributed by atoms with Gasteiger partial charge in [0.15, 0.2) is 0 Å². The maximum atomic E-state index is 11.1. The number of aromatic nitrogens is 3. The molecule has 0 aliphatic carbocycles. The molecule has 1 aliphatic rings. The quantitative estimate of drug-likeness (QED) is 0.748. The number of carbonyl (C=O) groups is 1. The Hall–Kier alpha value is -3.48. The molecule has 1 aromatic carbocycles. The molecule has 0 amide bonds.